The number of nitrogens with one attached hydrogen (secondary N) is 4. The number of hydrogen-bond donors (Lipinski definition) is 4. The van der Waals surface area contributed by atoms with Crippen molar-refractivity contribution in [1.29, 1.82) is 0 Å². The number of halogens is 2. The van der Waals surface area contributed by atoms with Crippen LogP contribution in [0.2, 0.25) is 0 Å². The first kappa shape index (κ1) is 20.4. The summed E-state index contributed by atoms with van der Waals surface area (Å²) < 4.78 is 26.3. The second kappa shape index (κ2) is 9.32. The maximum atomic E-state index is 13.2. The zero-order valence-corrected chi connectivity index (χ0v) is 16.5. The minimum Gasteiger partial charge on any atom is -0.353 e. The van der Waals surface area contributed by atoms with E-state index in [2.05, 4.69) is 26.5 Å². The number of benzene rings is 2. The third-order valence-corrected chi connectivity index (χ3v) is 5.49. The van der Waals surface area contributed by atoms with E-state index < -0.39 is 11.7 Å². The van der Waals surface area contributed by atoms with Crippen molar-refractivity contribution in [2.45, 2.75) is 50.4 Å². The van der Waals surface area contributed by atoms with Crippen LogP contribution in [0, 0.1) is 11.6 Å². The molecule has 0 aromatic heterocycles. The quantitative estimate of drug-likeness (QED) is 0.458. The van der Waals surface area contributed by atoms with Crippen LogP contribution < -0.4 is 21.5 Å². The lowest BCUT2D eigenvalue weighted by atomic mass is 10.0. The molecule has 1 aliphatic heterocycles. The van der Waals surface area contributed by atoms with Crippen molar-refractivity contribution in [3.63, 3.8) is 0 Å². The van der Waals surface area contributed by atoms with Crippen molar-refractivity contribution in [3.8, 4) is 0 Å². The van der Waals surface area contributed by atoms with E-state index in [0.717, 1.165) is 31.2 Å². The fourth-order valence-corrected chi connectivity index (χ4v) is 3.86. The van der Waals surface area contributed by atoms with Crippen LogP contribution in [0.25, 0.3) is 0 Å². The molecule has 158 valence electrons. The molecule has 2 fully saturated rings. The molecule has 0 bridgehead atoms. The zero-order chi connectivity index (χ0) is 20.9. The van der Waals surface area contributed by atoms with E-state index in [1.165, 1.54) is 36.4 Å². The molecule has 0 radical (unpaired) electrons. The molecule has 0 spiro atoms. The third kappa shape index (κ3) is 5.20. The van der Waals surface area contributed by atoms with Crippen molar-refractivity contribution < 1.29 is 13.6 Å². The lowest BCUT2D eigenvalue weighted by Gasteiger charge is -2.20. The van der Waals surface area contributed by atoms with Gasteiger partial charge in [0.05, 0.1) is 6.17 Å². The molecule has 1 saturated heterocycles. The fraction of sp³-hybridized carbons (Fsp3) is 0.364. The molecule has 30 heavy (non-hydrogen) atoms. The molecular weight excluding hydrogens is 388 g/mol. The molecule has 4 N–H and O–H groups in total. The Labute approximate surface area is 174 Å². The van der Waals surface area contributed by atoms with Gasteiger partial charge in [0.2, 0.25) is 5.96 Å². The van der Waals surface area contributed by atoms with Gasteiger partial charge in [-0.1, -0.05) is 25.0 Å². The molecule has 2 unspecified atom stereocenters. The van der Waals surface area contributed by atoms with Gasteiger partial charge in [0.15, 0.2) is 0 Å². The van der Waals surface area contributed by atoms with Gasteiger partial charge in [0.1, 0.15) is 11.6 Å². The maximum Gasteiger partial charge on any atom is 0.280 e. The van der Waals surface area contributed by atoms with E-state index in [1.54, 1.807) is 12.1 Å². The summed E-state index contributed by atoms with van der Waals surface area (Å²) in [6.45, 7) is 0. The van der Waals surface area contributed by atoms with E-state index in [-0.39, 0.29) is 24.1 Å². The number of rotatable bonds is 4. The molecule has 2 atom stereocenters. The SMILES string of the molecule is O=C(/N=C(/NC1CCCC1)NC1CC(c2ccc(F)cc2)NN1)c1ccc(F)cc1. The van der Waals surface area contributed by atoms with Crippen LogP contribution in [0.1, 0.15) is 54.1 Å². The predicted octanol–water partition coefficient (Wildman–Crippen LogP) is 3.15. The highest BCUT2D eigenvalue weighted by Crippen LogP contribution is 2.22. The van der Waals surface area contributed by atoms with Crippen LogP contribution >= 0.6 is 0 Å². The van der Waals surface area contributed by atoms with Gasteiger partial charge in [0.25, 0.3) is 5.91 Å². The van der Waals surface area contributed by atoms with Gasteiger partial charge in [0, 0.05) is 24.1 Å². The Kier molecular flexibility index (Phi) is 6.35. The van der Waals surface area contributed by atoms with Crippen molar-refractivity contribution >= 4 is 11.9 Å². The smallest absolute Gasteiger partial charge is 0.280 e. The number of hydrogen-bond acceptors (Lipinski definition) is 3. The van der Waals surface area contributed by atoms with Gasteiger partial charge < -0.3 is 10.6 Å². The average molecular weight is 413 g/mol. The summed E-state index contributed by atoms with van der Waals surface area (Å²) in [5.41, 5.74) is 7.64. The summed E-state index contributed by atoms with van der Waals surface area (Å²) in [5, 5.41) is 6.61. The zero-order valence-electron chi connectivity index (χ0n) is 16.5. The summed E-state index contributed by atoms with van der Waals surface area (Å²) in [6, 6.07) is 12.0. The first-order valence-corrected chi connectivity index (χ1v) is 10.2. The van der Waals surface area contributed by atoms with E-state index in [0.29, 0.717) is 17.9 Å². The molecule has 2 aromatic rings. The number of hydrazine groups is 1. The van der Waals surface area contributed by atoms with Crippen LogP contribution in [0.4, 0.5) is 8.78 Å². The van der Waals surface area contributed by atoms with Crippen molar-refractivity contribution in [2.75, 3.05) is 0 Å². The number of aliphatic imine (C=N–C) groups is 1. The summed E-state index contributed by atoms with van der Waals surface area (Å²) in [7, 11) is 0. The number of carbonyl (C=O) groups is 1. The molecular formula is C22H25F2N5O. The molecule has 2 aromatic carbocycles. The van der Waals surface area contributed by atoms with E-state index in [1.807, 2.05) is 0 Å². The Balaban J connectivity index is 1.45. The highest BCUT2D eigenvalue weighted by atomic mass is 19.1. The minimum absolute atomic E-state index is 0.00336. The predicted molar refractivity (Wildman–Crippen MR) is 111 cm³/mol. The van der Waals surface area contributed by atoms with Gasteiger partial charge in [-0.3, -0.25) is 4.79 Å². The van der Waals surface area contributed by atoms with Crippen LogP contribution in [-0.4, -0.2) is 24.1 Å². The summed E-state index contributed by atoms with van der Waals surface area (Å²) >= 11 is 0. The monoisotopic (exact) mass is 413 g/mol. The molecule has 8 heteroatoms. The van der Waals surface area contributed by atoms with Crippen molar-refractivity contribution in [1.82, 2.24) is 21.5 Å². The van der Waals surface area contributed by atoms with E-state index in [4.69, 9.17) is 0 Å². The second-order valence-electron chi connectivity index (χ2n) is 7.72. The van der Waals surface area contributed by atoms with Crippen LogP contribution in [0.3, 0.4) is 0 Å². The Bertz CT molecular complexity index is 895. The second-order valence-corrected chi connectivity index (χ2v) is 7.72. The Morgan fingerprint density at radius 2 is 1.53 bits per heavy atom. The lowest BCUT2D eigenvalue weighted by Crippen LogP contribution is -2.51. The number of guanidine groups is 1. The van der Waals surface area contributed by atoms with Crippen molar-refractivity contribution in [2.24, 2.45) is 4.99 Å². The third-order valence-electron chi connectivity index (χ3n) is 5.49. The maximum absolute atomic E-state index is 13.2. The Morgan fingerprint density at radius 1 is 0.900 bits per heavy atom. The summed E-state index contributed by atoms with van der Waals surface area (Å²) in [6.07, 6.45) is 4.86. The van der Waals surface area contributed by atoms with Gasteiger partial charge >= 0.3 is 0 Å². The standard InChI is InChI=1S/C22H25F2N5O/c23-16-9-5-14(6-10-16)19-13-20(29-28-19)26-22(25-18-3-1-2-4-18)27-21(30)15-7-11-17(24)12-8-15/h5-12,18-20,28-29H,1-4,13H2,(H2,25,26,27,30). The lowest BCUT2D eigenvalue weighted by molar-refractivity contribution is 0.100. The first-order valence-electron chi connectivity index (χ1n) is 10.2. The average Bonchev–Trinajstić information content (AvgIpc) is 3.41. The Hall–Kier alpha value is -2.84. The van der Waals surface area contributed by atoms with Crippen molar-refractivity contribution in [3.05, 3.63) is 71.3 Å². The largest absolute Gasteiger partial charge is 0.353 e. The first-order chi connectivity index (χ1) is 14.6. The van der Waals surface area contributed by atoms with E-state index in [9.17, 15) is 13.6 Å². The van der Waals surface area contributed by atoms with E-state index >= 15 is 0 Å². The fourth-order valence-electron chi connectivity index (χ4n) is 3.86. The molecule has 1 heterocycles. The highest BCUT2D eigenvalue weighted by molar-refractivity contribution is 6.02. The van der Waals surface area contributed by atoms with Crippen LogP contribution in [0.5, 0.6) is 0 Å². The van der Waals surface area contributed by atoms with Gasteiger partial charge in [-0.15, -0.1) is 0 Å². The molecule has 4 rings (SSSR count). The number of nitrogens with zero attached hydrogens (tertiary/aromatic N) is 1. The minimum atomic E-state index is -0.441. The summed E-state index contributed by atoms with van der Waals surface area (Å²) in [5.74, 6) is -0.709. The Morgan fingerprint density at radius 3 is 2.20 bits per heavy atom. The normalized spacial score (nSPS) is 22.3. The van der Waals surface area contributed by atoms with Gasteiger partial charge in [-0.05, 0) is 54.8 Å². The molecule has 1 saturated carbocycles. The topological polar surface area (TPSA) is 77.5 Å². The van der Waals surface area contributed by atoms with Crippen LogP contribution in [0.15, 0.2) is 53.5 Å². The molecule has 2 aliphatic rings. The number of amides is 1. The van der Waals surface area contributed by atoms with Gasteiger partial charge in [-0.2, -0.15) is 4.99 Å². The molecule has 6 nitrogen and oxygen atoms in total. The molecule has 1 aliphatic carbocycles. The van der Waals surface area contributed by atoms with Crippen LogP contribution in [-0.2, 0) is 0 Å². The van der Waals surface area contributed by atoms with Gasteiger partial charge in [-0.25, -0.2) is 19.6 Å². The molecule has 1 amide bonds. The highest BCUT2D eigenvalue weighted by Gasteiger charge is 2.27. The summed E-state index contributed by atoms with van der Waals surface area (Å²) in [4.78, 5) is 16.8. The number of carbonyl (C=O) groups excluding carboxylic acids is 1.